The maximum absolute atomic E-state index is 12.5. The zero-order valence-electron chi connectivity index (χ0n) is 20.2. The van der Waals surface area contributed by atoms with Crippen LogP contribution in [0.2, 0.25) is 5.02 Å². The molecule has 1 amide bonds. The van der Waals surface area contributed by atoms with Crippen molar-refractivity contribution in [2.24, 2.45) is 0 Å². The zero-order valence-corrected chi connectivity index (χ0v) is 21.8. The van der Waals surface area contributed by atoms with Crippen LogP contribution in [0.1, 0.15) is 49.7 Å². The molecule has 10 heteroatoms. The summed E-state index contributed by atoms with van der Waals surface area (Å²) in [5, 5.41) is 13.0. The fourth-order valence-electron chi connectivity index (χ4n) is 3.44. The van der Waals surface area contributed by atoms with Gasteiger partial charge in [0.05, 0.1) is 31.9 Å². The van der Waals surface area contributed by atoms with E-state index in [4.69, 9.17) is 21.1 Å². The van der Waals surface area contributed by atoms with E-state index in [1.165, 1.54) is 11.8 Å². The predicted molar refractivity (Wildman–Crippen MR) is 136 cm³/mol. The standard InChI is InChI=1S/C25H29ClN4O4S/c1-5-34-23(32)12-11-22(31)27-17(3)24-28-29-25(30(24)21-14-19(26)10-9-16(21)2)35-15-18-7-6-8-20(13-18)33-4/h6-10,13-14,17H,5,11-12,15H2,1-4H3,(H,27,31). The van der Waals surface area contributed by atoms with Gasteiger partial charge >= 0.3 is 5.97 Å². The van der Waals surface area contributed by atoms with E-state index in [1.54, 1.807) is 14.0 Å². The number of benzene rings is 2. The van der Waals surface area contributed by atoms with Crippen molar-refractivity contribution in [2.75, 3.05) is 13.7 Å². The second-order valence-electron chi connectivity index (χ2n) is 7.84. The van der Waals surface area contributed by atoms with Crippen molar-refractivity contribution in [3.8, 4) is 11.4 Å². The molecule has 3 aromatic rings. The summed E-state index contributed by atoms with van der Waals surface area (Å²) in [4.78, 5) is 24.1. The molecule has 0 fully saturated rings. The number of methoxy groups -OCH3 is 1. The van der Waals surface area contributed by atoms with Gasteiger partial charge in [-0.05, 0) is 56.2 Å². The molecule has 1 aromatic heterocycles. The van der Waals surface area contributed by atoms with E-state index in [9.17, 15) is 9.59 Å². The Morgan fingerprint density at radius 2 is 1.97 bits per heavy atom. The Balaban J connectivity index is 1.85. The highest BCUT2D eigenvalue weighted by Gasteiger charge is 2.22. The largest absolute Gasteiger partial charge is 0.497 e. The molecule has 3 rings (SSSR count). The number of thioether (sulfide) groups is 1. The van der Waals surface area contributed by atoms with Gasteiger partial charge in [-0.25, -0.2) is 0 Å². The van der Waals surface area contributed by atoms with E-state index in [0.29, 0.717) is 21.8 Å². The molecule has 0 aliphatic carbocycles. The van der Waals surface area contributed by atoms with Crippen LogP contribution in [0.3, 0.4) is 0 Å². The number of carbonyl (C=O) groups excluding carboxylic acids is 2. The van der Waals surface area contributed by atoms with E-state index >= 15 is 0 Å². The molecule has 0 aliphatic rings. The number of hydrogen-bond donors (Lipinski definition) is 1. The van der Waals surface area contributed by atoms with Gasteiger partial charge < -0.3 is 14.8 Å². The Hall–Kier alpha value is -3.04. The first-order valence-electron chi connectivity index (χ1n) is 11.2. The minimum absolute atomic E-state index is 0.0219. The van der Waals surface area contributed by atoms with Crippen LogP contribution in [-0.2, 0) is 20.1 Å². The monoisotopic (exact) mass is 516 g/mol. The second kappa shape index (κ2) is 12.6. The van der Waals surface area contributed by atoms with Crippen LogP contribution in [0.25, 0.3) is 5.69 Å². The molecule has 1 unspecified atom stereocenters. The van der Waals surface area contributed by atoms with E-state index in [1.807, 2.05) is 60.9 Å². The molecule has 8 nitrogen and oxygen atoms in total. The van der Waals surface area contributed by atoms with Crippen molar-refractivity contribution >= 4 is 35.2 Å². The molecule has 0 saturated carbocycles. The van der Waals surface area contributed by atoms with Crippen molar-refractivity contribution in [1.82, 2.24) is 20.1 Å². The first-order valence-corrected chi connectivity index (χ1v) is 12.6. The highest BCUT2D eigenvalue weighted by Crippen LogP contribution is 2.31. The number of esters is 1. The molecular weight excluding hydrogens is 488 g/mol. The molecule has 1 heterocycles. The van der Waals surface area contributed by atoms with Crippen LogP contribution < -0.4 is 10.1 Å². The van der Waals surface area contributed by atoms with Gasteiger partial charge in [-0.2, -0.15) is 0 Å². The van der Waals surface area contributed by atoms with Crippen LogP contribution in [0.15, 0.2) is 47.6 Å². The lowest BCUT2D eigenvalue weighted by Gasteiger charge is -2.18. The Morgan fingerprint density at radius 1 is 1.17 bits per heavy atom. The third kappa shape index (κ3) is 7.22. The number of nitrogens with zero attached hydrogens (tertiary/aromatic N) is 3. The topological polar surface area (TPSA) is 95.3 Å². The SMILES string of the molecule is CCOC(=O)CCC(=O)NC(C)c1nnc(SCc2cccc(OC)c2)n1-c1cc(Cl)ccc1C. The quantitative estimate of drug-likeness (QED) is 0.281. The average Bonchev–Trinajstić information content (AvgIpc) is 3.27. The lowest BCUT2D eigenvalue weighted by atomic mass is 10.2. The Labute approximate surface area is 214 Å². The molecule has 0 spiro atoms. The lowest BCUT2D eigenvalue weighted by Crippen LogP contribution is -2.29. The van der Waals surface area contributed by atoms with Gasteiger partial charge in [0.2, 0.25) is 5.91 Å². The van der Waals surface area contributed by atoms with Crippen LogP contribution in [0, 0.1) is 6.92 Å². The molecule has 0 radical (unpaired) electrons. The Morgan fingerprint density at radius 3 is 2.71 bits per heavy atom. The fourth-order valence-corrected chi connectivity index (χ4v) is 4.50. The van der Waals surface area contributed by atoms with E-state index in [-0.39, 0.29) is 25.4 Å². The van der Waals surface area contributed by atoms with Gasteiger partial charge in [-0.3, -0.25) is 14.2 Å². The normalized spacial score (nSPS) is 11.7. The first-order chi connectivity index (χ1) is 16.8. The van der Waals surface area contributed by atoms with E-state index in [0.717, 1.165) is 22.6 Å². The molecule has 0 saturated heterocycles. The minimum Gasteiger partial charge on any atom is -0.497 e. The highest BCUT2D eigenvalue weighted by atomic mass is 35.5. The lowest BCUT2D eigenvalue weighted by molar-refractivity contribution is -0.144. The van der Waals surface area contributed by atoms with Gasteiger partial charge in [0.1, 0.15) is 5.75 Å². The van der Waals surface area contributed by atoms with Crippen molar-refractivity contribution < 1.29 is 19.1 Å². The summed E-state index contributed by atoms with van der Waals surface area (Å²) in [6, 6.07) is 13.0. The molecule has 1 atom stereocenters. The van der Waals surface area contributed by atoms with Gasteiger partial charge in [-0.1, -0.05) is 41.6 Å². The van der Waals surface area contributed by atoms with Crippen LogP contribution in [0.5, 0.6) is 5.75 Å². The number of aryl methyl sites for hydroxylation is 1. The van der Waals surface area contributed by atoms with Crippen molar-refractivity contribution in [3.05, 3.63) is 64.4 Å². The van der Waals surface area contributed by atoms with Crippen molar-refractivity contribution in [3.63, 3.8) is 0 Å². The average molecular weight is 517 g/mol. The summed E-state index contributed by atoms with van der Waals surface area (Å²) in [7, 11) is 1.64. The number of aromatic nitrogens is 3. The van der Waals surface area contributed by atoms with Gasteiger partial charge in [0, 0.05) is 17.2 Å². The molecule has 2 aromatic carbocycles. The number of carbonyl (C=O) groups is 2. The molecular formula is C25H29ClN4O4S. The van der Waals surface area contributed by atoms with E-state index < -0.39 is 12.0 Å². The smallest absolute Gasteiger partial charge is 0.306 e. The fraction of sp³-hybridized carbons (Fsp3) is 0.360. The maximum Gasteiger partial charge on any atom is 0.306 e. The predicted octanol–water partition coefficient (Wildman–Crippen LogP) is 5.05. The van der Waals surface area contributed by atoms with E-state index in [2.05, 4.69) is 15.5 Å². The zero-order chi connectivity index (χ0) is 25.4. The molecule has 0 bridgehead atoms. The molecule has 0 aliphatic heterocycles. The molecule has 35 heavy (non-hydrogen) atoms. The summed E-state index contributed by atoms with van der Waals surface area (Å²) in [6.07, 6.45) is 0.0546. The number of rotatable bonds is 11. The number of amides is 1. The van der Waals surface area contributed by atoms with Gasteiger partial charge in [0.25, 0.3) is 0 Å². The van der Waals surface area contributed by atoms with Crippen LogP contribution >= 0.6 is 23.4 Å². The summed E-state index contributed by atoms with van der Waals surface area (Å²) in [6.45, 7) is 5.83. The Kier molecular flexibility index (Phi) is 9.56. The summed E-state index contributed by atoms with van der Waals surface area (Å²) in [5.74, 6) is 1.33. The maximum atomic E-state index is 12.5. The molecule has 186 valence electrons. The highest BCUT2D eigenvalue weighted by molar-refractivity contribution is 7.98. The number of nitrogens with one attached hydrogen (secondary N) is 1. The van der Waals surface area contributed by atoms with Crippen LogP contribution in [0.4, 0.5) is 0 Å². The third-order valence-corrected chi connectivity index (χ3v) is 6.43. The number of hydrogen-bond acceptors (Lipinski definition) is 7. The molecule has 1 N–H and O–H groups in total. The summed E-state index contributed by atoms with van der Waals surface area (Å²) >= 11 is 7.84. The summed E-state index contributed by atoms with van der Waals surface area (Å²) in [5.41, 5.74) is 2.89. The second-order valence-corrected chi connectivity index (χ2v) is 9.22. The van der Waals surface area contributed by atoms with Gasteiger partial charge in [0.15, 0.2) is 11.0 Å². The first kappa shape index (κ1) is 26.6. The Bertz CT molecular complexity index is 1180. The van der Waals surface area contributed by atoms with Crippen molar-refractivity contribution in [1.29, 1.82) is 0 Å². The number of halogens is 1. The summed E-state index contributed by atoms with van der Waals surface area (Å²) < 4.78 is 12.1. The van der Waals surface area contributed by atoms with Crippen LogP contribution in [-0.4, -0.2) is 40.4 Å². The van der Waals surface area contributed by atoms with Crippen molar-refractivity contribution in [2.45, 2.75) is 50.6 Å². The third-order valence-electron chi connectivity index (χ3n) is 5.20. The van der Waals surface area contributed by atoms with Gasteiger partial charge in [-0.15, -0.1) is 10.2 Å². The number of ether oxygens (including phenoxy) is 2. The minimum atomic E-state index is -0.457.